The fourth-order valence-corrected chi connectivity index (χ4v) is 3.60. The Morgan fingerprint density at radius 3 is 2.73 bits per heavy atom. The Bertz CT molecular complexity index is 793. The second-order valence-corrected chi connectivity index (χ2v) is 6.58. The second-order valence-electron chi connectivity index (χ2n) is 6.58. The lowest BCUT2D eigenvalue weighted by molar-refractivity contribution is 0.111. The molecule has 0 unspecified atom stereocenters. The van der Waals surface area contributed by atoms with Crippen LogP contribution in [0.15, 0.2) is 36.4 Å². The molecule has 2 aliphatic rings. The van der Waals surface area contributed by atoms with Crippen LogP contribution >= 0.6 is 0 Å². The van der Waals surface area contributed by atoms with E-state index in [4.69, 9.17) is 14.2 Å². The maximum atomic E-state index is 13.2. The molecule has 6 heteroatoms. The predicted molar refractivity (Wildman–Crippen MR) is 93.6 cm³/mol. The van der Waals surface area contributed by atoms with E-state index in [1.54, 1.807) is 12.1 Å². The molecule has 5 nitrogen and oxygen atoms in total. The molecule has 2 heterocycles. The van der Waals surface area contributed by atoms with Crippen LogP contribution in [0, 0.1) is 11.7 Å². The number of hydrogen-bond acceptors (Lipinski definition) is 5. The van der Waals surface area contributed by atoms with Crippen LogP contribution in [0.25, 0.3) is 0 Å². The third-order valence-electron chi connectivity index (χ3n) is 4.99. The number of halogens is 1. The van der Waals surface area contributed by atoms with Gasteiger partial charge in [0.2, 0.25) is 6.79 Å². The van der Waals surface area contributed by atoms with Crippen molar-refractivity contribution in [3.63, 3.8) is 0 Å². The van der Waals surface area contributed by atoms with Gasteiger partial charge in [-0.25, -0.2) is 4.39 Å². The van der Waals surface area contributed by atoms with Gasteiger partial charge in [-0.15, -0.1) is 0 Å². The fraction of sp³-hybridized carbons (Fsp3) is 0.350. The molecule has 0 spiro atoms. The summed E-state index contributed by atoms with van der Waals surface area (Å²) in [7, 11) is 0. The molecule has 0 aliphatic carbocycles. The Labute approximate surface area is 151 Å². The second kappa shape index (κ2) is 7.33. The van der Waals surface area contributed by atoms with E-state index in [2.05, 4.69) is 5.32 Å². The number of aldehydes is 1. The van der Waals surface area contributed by atoms with Gasteiger partial charge in [0.1, 0.15) is 11.6 Å². The van der Waals surface area contributed by atoms with E-state index in [0.717, 1.165) is 31.4 Å². The van der Waals surface area contributed by atoms with Gasteiger partial charge in [-0.1, -0.05) is 12.1 Å². The zero-order chi connectivity index (χ0) is 17.9. The summed E-state index contributed by atoms with van der Waals surface area (Å²) in [5.41, 5.74) is 1.55. The molecule has 0 amide bonds. The number of rotatable bonds is 5. The van der Waals surface area contributed by atoms with Crippen molar-refractivity contribution in [2.24, 2.45) is 5.92 Å². The van der Waals surface area contributed by atoms with Crippen molar-refractivity contribution in [3.8, 4) is 17.2 Å². The quantitative estimate of drug-likeness (QED) is 0.833. The molecule has 0 aromatic heterocycles. The Hall–Kier alpha value is -2.60. The first-order valence-corrected chi connectivity index (χ1v) is 8.72. The van der Waals surface area contributed by atoms with Crippen molar-refractivity contribution in [1.29, 1.82) is 0 Å². The van der Waals surface area contributed by atoms with Gasteiger partial charge in [-0.05, 0) is 42.6 Å². The first kappa shape index (κ1) is 16.8. The van der Waals surface area contributed by atoms with Crippen LogP contribution in [-0.2, 0) is 0 Å². The molecular weight excluding hydrogens is 337 g/mol. The maximum Gasteiger partial charge on any atom is 0.231 e. The van der Waals surface area contributed by atoms with Gasteiger partial charge in [-0.2, -0.15) is 0 Å². The zero-order valence-electron chi connectivity index (χ0n) is 14.2. The van der Waals surface area contributed by atoms with Crippen molar-refractivity contribution in [2.75, 3.05) is 26.5 Å². The highest BCUT2D eigenvalue weighted by Gasteiger charge is 2.28. The van der Waals surface area contributed by atoms with E-state index < -0.39 is 0 Å². The molecular formula is C20H20FNO4. The molecule has 1 saturated heterocycles. The first-order valence-electron chi connectivity index (χ1n) is 8.72. The highest BCUT2D eigenvalue weighted by atomic mass is 19.1. The summed E-state index contributed by atoms with van der Waals surface area (Å²) in [4.78, 5) is 11.4. The predicted octanol–water partition coefficient (Wildman–Crippen LogP) is 3.14. The van der Waals surface area contributed by atoms with Crippen molar-refractivity contribution < 1.29 is 23.4 Å². The van der Waals surface area contributed by atoms with E-state index in [1.807, 2.05) is 12.1 Å². The van der Waals surface area contributed by atoms with Gasteiger partial charge >= 0.3 is 0 Å². The lowest BCUT2D eigenvalue weighted by Gasteiger charge is -2.32. The number of carbonyl (C=O) groups excluding carboxylic acids is 1. The number of hydrogen-bond donors (Lipinski definition) is 1. The van der Waals surface area contributed by atoms with Gasteiger partial charge in [-0.3, -0.25) is 4.79 Å². The normalized spacial score (nSPS) is 21.4. The molecule has 2 aromatic carbocycles. The first-order chi connectivity index (χ1) is 12.7. The summed E-state index contributed by atoms with van der Waals surface area (Å²) in [5.74, 6) is 1.91. The molecule has 2 aromatic rings. The molecule has 0 saturated carbocycles. The van der Waals surface area contributed by atoms with E-state index >= 15 is 0 Å². The monoisotopic (exact) mass is 357 g/mol. The van der Waals surface area contributed by atoms with Crippen LogP contribution in [0.2, 0.25) is 0 Å². The van der Waals surface area contributed by atoms with Crippen LogP contribution in [0.5, 0.6) is 17.2 Å². The van der Waals surface area contributed by atoms with Crippen LogP contribution < -0.4 is 19.5 Å². The topological polar surface area (TPSA) is 56.8 Å². The highest BCUT2D eigenvalue weighted by molar-refractivity contribution is 5.81. The molecule has 2 atom stereocenters. The number of nitrogens with one attached hydrogen (secondary N) is 1. The number of fused-ring (bicyclic) bond motifs is 1. The largest absolute Gasteiger partial charge is 0.492 e. The SMILES string of the molecule is O=Cc1cc2c(cc1OC[C@@H]1CNCC[C@H]1c1ccc(F)cc1)OCO2. The molecule has 1 fully saturated rings. The third-order valence-corrected chi connectivity index (χ3v) is 4.99. The van der Waals surface area contributed by atoms with Gasteiger partial charge in [0.05, 0.1) is 12.2 Å². The van der Waals surface area contributed by atoms with Crippen LogP contribution in [0.4, 0.5) is 4.39 Å². The molecule has 0 bridgehead atoms. The number of carbonyl (C=O) groups is 1. The summed E-state index contributed by atoms with van der Waals surface area (Å²) in [5, 5.41) is 3.38. The van der Waals surface area contributed by atoms with Crippen LogP contribution in [0.1, 0.15) is 28.3 Å². The van der Waals surface area contributed by atoms with Gasteiger partial charge in [0.25, 0.3) is 0 Å². The standard InChI is InChI=1S/C20H20FNO4/c21-16-3-1-13(2-4-16)17-5-6-22-9-15(17)11-24-18-8-20-19(25-12-26-20)7-14(18)10-23/h1-4,7-8,10,15,17,22H,5-6,9,11-12H2/t15-,17-/m0/s1. The van der Waals surface area contributed by atoms with Gasteiger partial charge in [0, 0.05) is 18.5 Å². The minimum absolute atomic E-state index is 0.149. The van der Waals surface area contributed by atoms with Crippen molar-refractivity contribution in [2.45, 2.75) is 12.3 Å². The van der Waals surface area contributed by atoms with Gasteiger partial charge in [0.15, 0.2) is 17.8 Å². The van der Waals surface area contributed by atoms with E-state index in [-0.39, 0.29) is 24.4 Å². The Balaban J connectivity index is 1.50. The van der Waals surface area contributed by atoms with Crippen molar-refractivity contribution in [3.05, 3.63) is 53.3 Å². The van der Waals surface area contributed by atoms with Gasteiger partial charge < -0.3 is 19.5 Å². The Kier molecular flexibility index (Phi) is 4.75. The third kappa shape index (κ3) is 3.37. The van der Waals surface area contributed by atoms with Crippen LogP contribution in [-0.4, -0.2) is 32.8 Å². The smallest absolute Gasteiger partial charge is 0.231 e. The zero-order valence-corrected chi connectivity index (χ0v) is 14.2. The molecule has 1 N–H and O–H groups in total. The Morgan fingerprint density at radius 1 is 1.19 bits per heavy atom. The minimum Gasteiger partial charge on any atom is -0.492 e. The van der Waals surface area contributed by atoms with Crippen molar-refractivity contribution in [1.82, 2.24) is 5.32 Å². The van der Waals surface area contributed by atoms with E-state index in [0.29, 0.717) is 29.4 Å². The average molecular weight is 357 g/mol. The number of benzene rings is 2. The molecule has 136 valence electrons. The molecule has 0 radical (unpaired) electrons. The maximum absolute atomic E-state index is 13.2. The lowest BCUT2D eigenvalue weighted by Crippen LogP contribution is -2.38. The summed E-state index contributed by atoms with van der Waals surface area (Å²) < 4.78 is 29.9. The molecule has 2 aliphatic heterocycles. The summed E-state index contributed by atoms with van der Waals surface area (Å²) in [6, 6.07) is 10.0. The average Bonchev–Trinajstić information content (AvgIpc) is 3.14. The summed E-state index contributed by atoms with van der Waals surface area (Å²) in [6.07, 6.45) is 1.72. The molecule has 26 heavy (non-hydrogen) atoms. The lowest BCUT2D eigenvalue weighted by atomic mass is 9.81. The van der Waals surface area contributed by atoms with Crippen LogP contribution in [0.3, 0.4) is 0 Å². The number of piperidine rings is 1. The Morgan fingerprint density at radius 2 is 1.96 bits per heavy atom. The fourth-order valence-electron chi connectivity index (χ4n) is 3.60. The van der Waals surface area contributed by atoms with E-state index in [1.165, 1.54) is 12.1 Å². The molecule has 4 rings (SSSR count). The highest BCUT2D eigenvalue weighted by Crippen LogP contribution is 2.38. The van der Waals surface area contributed by atoms with E-state index in [9.17, 15) is 9.18 Å². The minimum atomic E-state index is -0.230. The van der Waals surface area contributed by atoms with Crippen molar-refractivity contribution >= 4 is 6.29 Å². The number of ether oxygens (including phenoxy) is 3. The summed E-state index contributed by atoms with van der Waals surface area (Å²) >= 11 is 0. The summed E-state index contributed by atoms with van der Waals surface area (Å²) in [6.45, 7) is 2.33.